The van der Waals surface area contributed by atoms with E-state index in [1.54, 1.807) is 12.7 Å². The Morgan fingerprint density at radius 3 is 1.81 bits per heavy atom. The lowest BCUT2D eigenvalue weighted by Crippen LogP contribution is -2.33. The molecule has 2 atom stereocenters. The van der Waals surface area contributed by atoms with Crippen LogP contribution in [0.25, 0.3) is 0 Å². The van der Waals surface area contributed by atoms with E-state index >= 15 is 0 Å². The molecule has 0 heterocycles. The average Bonchev–Trinajstić information content (AvgIpc) is 2.93. The maximum atomic E-state index is 12.2. The van der Waals surface area contributed by atoms with Crippen LogP contribution in [0, 0.1) is 17.8 Å². The van der Waals surface area contributed by atoms with Gasteiger partial charge in [0.25, 0.3) is 0 Å². The Labute approximate surface area is 268 Å². The lowest BCUT2D eigenvalue weighted by atomic mass is 9.95. The average molecular weight is 595 g/mol. The van der Waals surface area contributed by atoms with Gasteiger partial charge in [-0.15, -0.1) is 0 Å². The van der Waals surface area contributed by atoms with Gasteiger partial charge in [0, 0.05) is 13.5 Å². The van der Waals surface area contributed by atoms with E-state index in [1.165, 1.54) is 80.9 Å². The highest BCUT2D eigenvalue weighted by molar-refractivity contribution is 5.87. The highest BCUT2D eigenvalue weighted by atomic mass is 16.5. The normalized spacial score (nSPS) is 15.2. The van der Waals surface area contributed by atoms with E-state index < -0.39 is 5.60 Å². The predicted molar refractivity (Wildman–Crippen MR) is 193 cm³/mol. The summed E-state index contributed by atoms with van der Waals surface area (Å²) in [6, 6.07) is 0. The fourth-order valence-corrected chi connectivity index (χ4v) is 5.08. The third-order valence-electron chi connectivity index (χ3n) is 8.71. The van der Waals surface area contributed by atoms with E-state index in [0.29, 0.717) is 12.3 Å². The first-order valence-electron chi connectivity index (χ1n) is 17.4. The van der Waals surface area contributed by atoms with Crippen LogP contribution in [0.5, 0.6) is 0 Å². The molecule has 0 N–H and O–H groups in total. The number of methoxy groups -OCH3 is 1. The van der Waals surface area contributed by atoms with Gasteiger partial charge in [0.15, 0.2) is 5.78 Å². The van der Waals surface area contributed by atoms with Crippen molar-refractivity contribution in [2.75, 3.05) is 7.11 Å². The molecule has 0 aromatic rings. The summed E-state index contributed by atoms with van der Waals surface area (Å²) in [5.41, 5.74) is 4.73. The largest absolute Gasteiger partial charge is 0.371 e. The second-order valence-electron chi connectivity index (χ2n) is 14.2. The van der Waals surface area contributed by atoms with Gasteiger partial charge in [-0.3, -0.25) is 4.79 Å². The molecule has 0 rings (SSSR count). The Bertz CT molecular complexity index is 921. The number of carbonyl (C=O) groups is 1. The topological polar surface area (TPSA) is 26.3 Å². The molecule has 0 saturated heterocycles. The van der Waals surface area contributed by atoms with Gasteiger partial charge in [0.1, 0.15) is 5.60 Å². The predicted octanol–water partition coefficient (Wildman–Crippen LogP) is 12.9. The quantitative estimate of drug-likeness (QED) is 0.0776. The summed E-state index contributed by atoms with van der Waals surface area (Å²) in [6.07, 6.45) is 31.9. The van der Waals surface area contributed by atoms with Crippen LogP contribution in [-0.2, 0) is 9.53 Å². The van der Waals surface area contributed by atoms with Gasteiger partial charge >= 0.3 is 0 Å². The number of rotatable bonds is 25. The van der Waals surface area contributed by atoms with Gasteiger partial charge in [-0.05, 0) is 117 Å². The van der Waals surface area contributed by atoms with Gasteiger partial charge in [-0.2, -0.15) is 0 Å². The van der Waals surface area contributed by atoms with Crippen LogP contribution >= 0.6 is 0 Å². The molecule has 43 heavy (non-hydrogen) atoms. The van der Waals surface area contributed by atoms with Crippen molar-refractivity contribution in [3.05, 3.63) is 71.4 Å². The summed E-state index contributed by atoms with van der Waals surface area (Å²) >= 11 is 0. The molecule has 0 aliphatic rings. The lowest BCUT2D eigenvalue weighted by molar-refractivity contribution is -0.136. The second-order valence-corrected chi connectivity index (χ2v) is 14.2. The van der Waals surface area contributed by atoms with Crippen LogP contribution < -0.4 is 0 Å². The molecule has 0 spiro atoms. The van der Waals surface area contributed by atoms with Crippen molar-refractivity contribution in [2.24, 2.45) is 17.8 Å². The van der Waals surface area contributed by atoms with Crippen molar-refractivity contribution < 1.29 is 9.53 Å². The first kappa shape index (κ1) is 41.1. The number of allylic oxidation sites excluding steroid dienone is 11. The van der Waals surface area contributed by atoms with Crippen molar-refractivity contribution >= 4 is 5.78 Å². The molecule has 0 bridgehead atoms. The van der Waals surface area contributed by atoms with Crippen LogP contribution in [0.4, 0.5) is 0 Å². The molecule has 2 heteroatoms. The van der Waals surface area contributed by atoms with Gasteiger partial charge in [-0.1, -0.05) is 118 Å². The summed E-state index contributed by atoms with van der Waals surface area (Å²) in [6.45, 7) is 23.9. The van der Waals surface area contributed by atoms with Crippen molar-refractivity contribution in [3.8, 4) is 0 Å². The molecular formula is C41H70O2. The summed E-state index contributed by atoms with van der Waals surface area (Å²) in [5.74, 6) is 2.45. The van der Waals surface area contributed by atoms with E-state index in [9.17, 15) is 4.79 Å². The Hall–Kier alpha value is -1.93. The third kappa shape index (κ3) is 24.1. The minimum Gasteiger partial charge on any atom is -0.371 e. The molecule has 2 nitrogen and oxygen atoms in total. The summed E-state index contributed by atoms with van der Waals surface area (Å²) < 4.78 is 5.28. The van der Waals surface area contributed by atoms with Crippen LogP contribution in [0.2, 0.25) is 0 Å². The van der Waals surface area contributed by atoms with E-state index in [1.807, 2.05) is 13.8 Å². The van der Waals surface area contributed by atoms with E-state index in [-0.39, 0.29) is 5.78 Å². The van der Waals surface area contributed by atoms with Crippen LogP contribution in [0.15, 0.2) is 71.4 Å². The van der Waals surface area contributed by atoms with Crippen molar-refractivity contribution in [1.29, 1.82) is 0 Å². The molecule has 0 amide bonds. The molecule has 0 aliphatic heterocycles. The second kappa shape index (κ2) is 24.4. The fraction of sp³-hybridized carbons (Fsp3) is 0.683. The zero-order valence-corrected chi connectivity index (χ0v) is 30.2. The van der Waals surface area contributed by atoms with Gasteiger partial charge < -0.3 is 4.74 Å². The number of ketones is 1. The van der Waals surface area contributed by atoms with Crippen LogP contribution in [-0.4, -0.2) is 18.5 Å². The van der Waals surface area contributed by atoms with E-state index in [0.717, 1.165) is 31.1 Å². The zero-order chi connectivity index (χ0) is 32.7. The first-order valence-corrected chi connectivity index (χ1v) is 17.4. The number of ether oxygens (including phenoxy) is 1. The summed E-state index contributed by atoms with van der Waals surface area (Å²) in [4.78, 5) is 12.2. The third-order valence-corrected chi connectivity index (χ3v) is 8.71. The first-order chi connectivity index (χ1) is 20.3. The lowest BCUT2D eigenvalue weighted by Gasteiger charge is -2.20. The Morgan fingerprint density at radius 1 is 0.721 bits per heavy atom. The summed E-state index contributed by atoms with van der Waals surface area (Å²) in [7, 11) is 1.60. The molecule has 0 aromatic heterocycles. The Balaban J connectivity index is 4.12. The maximum Gasteiger partial charge on any atom is 0.167 e. The van der Waals surface area contributed by atoms with Crippen LogP contribution in [0.3, 0.4) is 0 Å². The Kier molecular flexibility index (Phi) is 23.3. The molecule has 246 valence electrons. The highest BCUT2D eigenvalue weighted by Gasteiger charge is 2.25. The zero-order valence-electron chi connectivity index (χ0n) is 30.2. The van der Waals surface area contributed by atoms with E-state index in [2.05, 4.69) is 97.6 Å². The van der Waals surface area contributed by atoms with Crippen molar-refractivity contribution in [2.45, 2.75) is 158 Å². The number of Topliss-reactive ketones (excluding diaryl/α,β-unsaturated/α-hetero) is 1. The number of hydrogen-bond acceptors (Lipinski definition) is 2. The molecule has 0 saturated carbocycles. The van der Waals surface area contributed by atoms with Crippen molar-refractivity contribution in [3.63, 3.8) is 0 Å². The number of hydrogen-bond donors (Lipinski definition) is 0. The molecule has 0 unspecified atom stereocenters. The summed E-state index contributed by atoms with van der Waals surface area (Å²) in [5, 5.41) is 0. The maximum absolute atomic E-state index is 12.2. The number of carbonyl (C=O) groups excluding carboxylic acids is 1. The van der Waals surface area contributed by atoms with Gasteiger partial charge in [0.05, 0.1) is 0 Å². The Morgan fingerprint density at radius 2 is 1.23 bits per heavy atom. The van der Waals surface area contributed by atoms with Crippen molar-refractivity contribution in [1.82, 2.24) is 0 Å². The SMILES string of the molecule is C=C(/C=C/C=C/C(C)=C/CC[C@H](C)CCC/C(C)=C\CC(=O)C(C)(C)OC)CCC[C@@H](C)CC/C=C(/C)CCCC(C)C. The molecule has 0 aromatic carbocycles. The monoisotopic (exact) mass is 595 g/mol. The molecular weight excluding hydrogens is 524 g/mol. The van der Waals surface area contributed by atoms with E-state index in [4.69, 9.17) is 4.74 Å². The van der Waals surface area contributed by atoms with Gasteiger partial charge in [-0.25, -0.2) is 0 Å². The highest BCUT2D eigenvalue weighted by Crippen LogP contribution is 2.20. The minimum atomic E-state index is -0.695. The molecule has 0 radical (unpaired) electrons. The fourth-order valence-electron chi connectivity index (χ4n) is 5.08. The molecule has 0 fully saturated rings. The standard InChI is InChI=1S/C41H70O2/c1-33(2)19-14-22-36(5)25-17-28-37(6)26-15-23-34(3)20-12-13-21-35(4)24-16-27-38(7)29-18-30-39(8)31-32-40(42)41(9,10)43-11/h12-13,20-21,24-25,31,33,37-38H,3,14-19,22-23,26-30,32H2,1-2,4-11H3/b20-12+,21-13+,35-24+,36-25-,39-31-/t37-,38+/m1/s1. The van der Waals surface area contributed by atoms with Gasteiger partial charge in [0.2, 0.25) is 0 Å². The van der Waals surface area contributed by atoms with Crippen LogP contribution in [0.1, 0.15) is 152 Å². The minimum absolute atomic E-state index is 0.136. The smallest absolute Gasteiger partial charge is 0.167 e. The molecule has 0 aliphatic carbocycles.